The van der Waals surface area contributed by atoms with Gasteiger partial charge in [0, 0.05) is 18.5 Å². The third-order valence-corrected chi connectivity index (χ3v) is 1.71. The molecule has 0 aromatic carbocycles. The Morgan fingerprint density at radius 1 is 1.46 bits per heavy atom. The van der Waals surface area contributed by atoms with E-state index in [1.807, 2.05) is 13.8 Å². The van der Waals surface area contributed by atoms with Crippen LogP contribution in [0.15, 0.2) is 6.07 Å². The maximum absolute atomic E-state index is 5.50. The minimum atomic E-state index is 0.292. The molecule has 0 aliphatic rings. The van der Waals surface area contributed by atoms with E-state index in [0.29, 0.717) is 18.3 Å². The highest BCUT2D eigenvalue weighted by atomic mass is 16.5. The van der Waals surface area contributed by atoms with Crippen molar-refractivity contribution in [1.29, 1.82) is 0 Å². The number of nitrogens with two attached hydrogens (primary N) is 1. The van der Waals surface area contributed by atoms with Crippen molar-refractivity contribution < 1.29 is 4.74 Å². The highest BCUT2D eigenvalue weighted by Crippen LogP contribution is 2.14. The van der Waals surface area contributed by atoms with Crippen molar-refractivity contribution >= 4 is 0 Å². The van der Waals surface area contributed by atoms with E-state index in [1.165, 1.54) is 0 Å². The highest BCUT2D eigenvalue weighted by Gasteiger charge is 2.06. The molecule has 0 unspecified atom stereocenters. The van der Waals surface area contributed by atoms with Crippen LogP contribution in [0, 0.1) is 0 Å². The van der Waals surface area contributed by atoms with E-state index in [-0.39, 0.29) is 0 Å². The van der Waals surface area contributed by atoms with Gasteiger partial charge in [0.25, 0.3) is 0 Å². The zero-order valence-corrected chi connectivity index (χ0v) is 8.24. The lowest BCUT2D eigenvalue weighted by molar-refractivity contribution is 0.392. The lowest BCUT2D eigenvalue weighted by Crippen LogP contribution is -2.06. The average molecular weight is 181 g/mol. The molecule has 0 aliphatic carbocycles. The molecule has 0 atom stereocenters. The van der Waals surface area contributed by atoms with Crippen molar-refractivity contribution in [3.63, 3.8) is 0 Å². The predicted molar refractivity (Wildman–Crippen MR) is 50.6 cm³/mol. The Balaban J connectivity index is 3.07. The molecule has 0 saturated heterocycles. The van der Waals surface area contributed by atoms with Crippen LogP contribution in [0.4, 0.5) is 0 Å². The lowest BCUT2D eigenvalue weighted by atomic mass is 10.2. The molecule has 0 aliphatic heterocycles. The van der Waals surface area contributed by atoms with E-state index in [4.69, 9.17) is 10.5 Å². The molecule has 0 spiro atoms. The summed E-state index contributed by atoms with van der Waals surface area (Å²) < 4.78 is 5.04. The number of hydrogen-bond donors (Lipinski definition) is 1. The first-order valence-corrected chi connectivity index (χ1v) is 4.29. The first kappa shape index (κ1) is 9.92. The van der Waals surface area contributed by atoms with Crippen LogP contribution in [0.25, 0.3) is 0 Å². The number of ether oxygens (including phenoxy) is 1. The standard InChI is InChI=1S/C9H15N3O/c1-6(2)9-11-7(5-10)4-8(12-9)13-3/h4,6H,5,10H2,1-3H3. The van der Waals surface area contributed by atoms with Gasteiger partial charge in [-0.05, 0) is 0 Å². The van der Waals surface area contributed by atoms with Crippen molar-refractivity contribution in [1.82, 2.24) is 9.97 Å². The van der Waals surface area contributed by atoms with Crippen molar-refractivity contribution in [3.05, 3.63) is 17.6 Å². The maximum atomic E-state index is 5.50. The fourth-order valence-electron chi connectivity index (χ4n) is 0.959. The predicted octanol–water partition coefficient (Wildman–Crippen LogP) is 1.07. The molecule has 0 radical (unpaired) electrons. The summed E-state index contributed by atoms with van der Waals surface area (Å²) in [4.78, 5) is 8.49. The van der Waals surface area contributed by atoms with Gasteiger partial charge in [-0.15, -0.1) is 0 Å². The van der Waals surface area contributed by atoms with Crippen LogP contribution in [0.1, 0.15) is 31.3 Å². The zero-order valence-electron chi connectivity index (χ0n) is 8.24. The van der Waals surface area contributed by atoms with Crippen LogP contribution in [-0.2, 0) is 6.54 Å². The van der Waals surface area contributed by atoms with Gasteiger partial charge >= 0.3 is 0 Å². The van der Waals surface area contributed by atoms with Crippen molar-refractivity contribution in [2.45, 2.75) is 26.3 Å². The monoisotopic (exact) mass is 181 g/mol. The number of nitrogens with zero attached hydrogens (tertiary/aromatic N) is 2. The zero-order chi connectivity index (χ0) is 9.84. The minimum Gasteiger partial charge on any atom is -0.481 e. The number of hydrogen-bond acceptors (Lipinski definition) is 4. The molecule has 0 bridgehead atoms. The molecule has 2 N–H and O–H groups in total. The molecular formula is C9H15N3O. The molecule has 0 fully saturated rings. The highest BCUT2D eigenvalue weighted by molar-refractivity contribution is 5.17. The maximum Gasteiger partial charge on any atom is 0.216 e. The molecule has 0 amide bonds. The number of methoxy groups -OCH3 is 1. The van der Waals surface area contributed by atoms with Gasteiger partial charge in [0.1, 0.15) is 5.82 Å². The molecule has 4 nitrogen and oxygen atoms in total. The van der Waals surface area contributed by atoms with Gasteiger partial charge in [-0.2, -0.15) is 4.98 Å². The summed E-state index contributed by atoms with van der Waals surface area (Å²) in [5.41, 5.74) is 6.31. The van der Waals surface area contributed by atoms with Crippen molar-refractivity contribution in [3.8, 4) is 5.88 Å². The van der Waals surface area contributed by atoms with Gasteiger partial charge in [0.15, 0.2) is 0 Å². The molecule has 1 rings (SSSR count). The molecule has 1 heterocycles. The summed E-state index contributed by atoms with van der Waals surface area (Å²) in [6.45, 7) is 4.49. The van der Waals surface area contributed by atoms with Crippen molar-refractivity contribution in [2.24, 2.45) is 5.73 Å². The average Bonchev–Trinajstić information content (AvgIpc) is 2.16. The SMILES string of the molecule is COc1cc(CN)nc(C(C)C)n1. The molecule has 1 aromatic heterocycles. The molecular weight excluding hydrogens is 166 g/mol. The second-order valence-electron chi connectivity index (χ2n) is 3.12. The first-order chi connectivity index (χ1) is 6.17. The largest absolute Gasteiger partial charge is 0.481 e. The van der Waals surface area contributed by atoms with Gasteiger partial charge in [0.2, 0.25) is 5.88 Å². The Labute approximate surface area is 78.1 Å². The molecule has 13 heavy (non-hydrogen) atoms. The van der Waals surface area contributed by atoms with Gasteiger partial charge < -0.3 is 10.5 Å². The Hall–Kier alpha value is -1.16. The third kappa shape index (κ3) is 2.39. The molecule has 1 aromatic rings. The van der Waals surface area contributed by atoms with Crippen LogP contribution in [0.5, 0.6) is 5.88 Å². The normalized spacial score (nSPS) is 10.5. The van der Waals surface area contributed by atoms with Gasteiger partial charge in [-0.3, -0.25) is 0 Å². The summed E-state index contributed by atoms with van der Waals surface area (Å²) in [5.74, 6) is 1.65. The molecule has 72 valence electrons. The van der Waals surface area contributed by atoms with E-state index in [0.717, 1.165) is 11.5 Å². The number of rotatable bonds is 3. The Kier molecular flexibility index (Phi) is 3.19. The smallest absolute Gasteiger partial charge is 0.216 e. The topological polar surface area (TPSA) is 61.0 Å². The van der Waals surface area contributed by atoms with Gasteiger partial charge in [-0.25, -0.2) is 4.98 Å². The van der Waals surface area contributed by atoms with E-state index in [1.54, 1.807) is 13.2 Å². The van der Waals surface area contributed by atoms with Crippen LogP contribution in [0.2, 0.25) is 0 Å². The molecule has 0 saturated carbocycles. The van der Waals surface area contributed by atoms with Crippen LogP contribution in [-0.4, -0.2) is 17.1 Å². The van der Waals surface area contributed by atoms with Gasteiger partial charge in [-0.1, -0.05) is 13.8 Å². The fourth-order valence-corrected chi connectivity index (χ4v) is 0.959. The summed E-state index contributed by atoms with van der Waals surface area (Å²) in [6, 6.07) is 1.76. The van der Waals surface area contributed by atoms with Gasteiger partial charge in [0.05, 0.1) is 12.8 Å². The lowest BCUT2D eigenvalue weighted by Gasteiger charge is -2.07. The minimum absolute atomic E-state index is 0.292. The summed E-state index contributed by atoms with van der Waals surface area (Å²) in [7, 11) is 1.59. The second kappa shape index (κ2) is 4.18. The third-order valence-electron chi connectivity index (χ3n) is 1.71. The van der Waals surface area contributed by atoms with Crippen LogP contribution in [0.3, 0.4) is 0 Å². The second-order valence-corrected chi connectivity index (χ2v) is 3.12. The Bertz CT molecular complexity index is 264. The summed E-state index contributed by atoms with van der Waals surface area (Å²) >= 11 is 0. The van der Waals surface area contributed by atoms with Crippen LogP contribution < -0.4 is 10.5 Å². The van der Waals surface area contributed by atoms with E-state index >= 15 is 0 Å². The van der Waals surface area contributed by atoms with E-state index < -0.39 is 0 Å². The summed E-state index contributed by atoms with van der Waals surface area (Å²) in [6.07, 6.45) is 0. The van der Waals surface area contributed by atoms with E-state index in [9.17, 15) is 0 Å². The first-order valence-electron chi connectivity index (χ1n) is 4.29. The summed E-state index contributed by atoms with van der Waals surface area (Å²) in [5, 5.41) is 0. The Morgan fingerprint density at radius 2 is 2.15 bits per heavy atom. The fraction of sp³-hybridized carbons (Fsp3) is 0.556. The van der Waals surface area contributed by atoms with Crippen molar-refractivity contribution in [2.75, 3.05) is 7.11 Å². The molecule has 4 heteroatoms. The quantitative estimate of drug-likeness (QED) is 0.757. The Morgan fingerprint density at radius 3 is 2.62 bits per heavy atom. The van der Waals surface area contributed by atoms with E-state index in [2.05, 4.69) is 9.97 Å². The number of aromatic nitrogens is 2. The van der Waals surface area contributed by atoms with Crippen LogP contribution >= 0.6 is 0 Å².